The maximum Gasteiger partial charge on any atom is 0.261 e. The number of benzene rings is 3. The Balaban J connectivity index is 1.36. The van der Waals surface area contributed by atoms with Crippen LogP contribution in [0, 0.1) is 12.8 Å². The van der Waals surface area contributed by atoms with E-state index in [0.717, 1.165) is 29.0 Å². The molecule has 1 amide bonds. The summed E-state index contributed by atoms with van der Waals surface area (Å²) in [5, 5.41) is 5.84. The van der Waals surface area contributed by atoms with Crippen LogP contribution in [0.4, 0.5) is 11.4 Å². The molecule has 4 rings (SSSR count). The van der Waals surface area contributed by atoms with Crippen LogP contribution in [0.1, 0.15) is 41.8 Å². The third-order valence-electron chi connectivity index (χ3n) is 5.77. The first kappa shape index (κ1) is 24.8. The predicted molar refractivity (Wildman–Crippen MR) is 145 cm³/mol. The Hall–Kier alpha value is -4.32. The molecule has 0 saturated carbocycles. The van der Waals surface area contributed by atoms with Gasteiger partial charge in [-0.15, -0.1) is 0 Å². The van der Waals surface area contributed by atoms with Crippen molar-refractivity contribution in [3.63, 3.8) is 0 Å². The number of ketones is 1. The van der Waals surface area contributed by atoms with Crippen molar-refractivity contribution < 1.29 is 14.3 Å². The van der Waals surface area contributed by atoms with Crippen molar-refractivity contribution in [3.8, 4) is 5.75 Å². The minimum atomic E-state index is -0.519. The van der Waals surface area contributed by atoms with E-state index in [1.807, 2.05) is 62.4 Å². The van der Waals surface area contributed by atoms with E-state index in [4.69, 9.17) is 4.74 Å². The van der Waals surface area contributed by atoms with E-state index in [1.165, 1.54) is 5.01 Å². The standard InChI is InChI=1S/C30H29N3O3/c1-4-19-36-27-16-7-23(8-17-27)9-18-29(34)24-10-12-25(13-11-24)31-20-28-22(3)32-33(30(28)35)26-14-5-21(2)6-15-26/h5-18,20,28H,4,19H2,1-3H3/b18-9+,31-20?. The van der Waals surface area contributed by atoms with Crippen LogP contribution in [0.3, 0.4) is 0 Å². The van der Waals surface area contributed by atoms with Crippen LogP contribution in [-0.2, 0) is 4.79 Å². The highest BCUT2D eigenvalue weighted by Crippen LogP contribution is 2.24. The summed E-state index contributed by atoms with van der Waals surface area (Å²) < 4.78 is 5.58. The zero-order valence-electron chi connectivity index (χ0n) is 20.7. The number of ether oxygens (including phenoxy) is 1. The number of hydrazone groups is 1. The minimum absolute atomic E-state index is 0.0977. The third-order valence-corrected chi connectivity index (χ3v) is 5.77. The van der Waals surface area contributed by atoms with Gasteiger partial charge in [-0.05, 0) is 80.4 Å². The van der Waals surface area contributed by atoms with Crippen LogP contribution in [0.15, 0.2) is 89.0 Å². The molecule has 0 bridgehead atoms. The van der Waals surface area contributed by atoms with E-state index in [9.17, 15) is 9.59 Å². The second-order valence-electron chi connectivity index (χ2n) is 8.64. The molecule has 6 nitrogen and oxygen atoms in total. The van der Waals surface area contributed by atoms with E-state index >= 15 is 0 Å². The smallest absolute Gasteiger partial charge is 0.261 e. The molecule has 1 aliphatic rings. The first-order valence-corrected chi connectivity index (χ1v) is 12.0. The number of carbonyl (C=O) groups is 2. The number of hydrogen-bond donors (Lipinski definition) is 0. The normalized spacial score (nSPS) is 15.6. The average molecular weight is 480 g/mol. The summed E-state index contributed by atoms with van der Waals surface area (Å²) in [4.78, 5) is 29.9. The van der Waals surface area contributed by atoms with Crippen molar-refractivity contribution in [3.05, 3.63) is 95.6 Å². The number of hydrogen-bond acceptors (Lipinski definition) is 5. The number of nitrogens with zero attached hydrogens (tertiary/aromatic N) is 3. The van der Waals surface area contributed by atoms with Crippen LogP contribution in [0.25, 0.3) is 6.08 Å². The summed E-state index contributed by atoms with van der Waals surface area (Å²) in [6, 6.07) is 22.3. The molecule has 1 atom stereocenters. The number of amides is 1. The fraction of sp³-hybridized carbons (Fsp3) is 0.200. The Kier molecular flexibility index (Phi) is 7.85. The average Bonchev–Trinajstić information content (AvgIpc) is 3.19. The topological polar surface area (TPSA) is 71.3 Å². The molecule has 0 aliphatic carbocycles. The van der Waals surface area contributed by atoms with Gasteiger partial charge in [0.05, 0.1) is 23.7 Å². The van der Waals surface area contributed by atoms with Crippen molar-refractivity contribution in [2.24, 2.45) is 16.0 Å². The van der Waals surface area contributed by atoms with Gasteiger partial charge >= 0.3 is 0 Å². The molecular weight excluding hydrogens is 450 g/mol. The summed E-state index contributed by atoms with van der Waals surface area (Å²) in [5.41, 5.74) is 4.68. The Bertz CT molecular complexity index is 1310. The van der Waals surface area contributed by atoms with E-state index in [-0.39, 0.29) is 11.7 Å². The number of allylic oxidation sites excluding steroid dienone is 1. The Morgan fingerprint density at radius 3 is 2.36 bits per heavy atom. The summed E-state index contributed by atoms with van der Waals surface area (Å²) >= 11 is 0. The van der Waals surface area contributed by atoms with Crippen LogP contribution in [0.2, 0.25) is 0 Å². The lowest BCUT2D eigenvalue weighted by Crippen LogP contribution is -2.27. The van der Waals surface area contributed by atoms with Crippen molar-refractivity contribution in [2.75, 3.05) is 11.6 Å². The first-order valence-electron chi connectivity index (χ1n) is 12.0. The van der Waals surface area contributed by atoms with Gasteiger partial charge in [0.2, 0.25) is 0 Å². The minimum Gasteiger partial charge on any atom is -0.494 e. The van der Waals surface area contributed by atoms with Gasteiger partial charge in [-0.1, -0.05) is 42.8 Å². The molecule has 0 spiro atoms. The van der Waals surface area contributed by atoms with Gasteiger partial charge in [-0.2, -0.15) is 10.1 Å². The van der Waals surface area contributed by atoms with Crippen LogP contribution < -0.4 is 9.75 Å². The molecule has 6 heteroatoms. The summed E-state index contributed by atoms with van der Waals surface area (Å²) in [6.45, 7) is 6.57. The fourth-order valence-corrected chi connectivity index (χ4v) is 3.66. The largest absolute Gasteiger partial charge is 0.494 e. The molecule has 3 aromatic carbocycles. The van der Waals surface area contributed by atoms with Crippen molar-refractivity contribution in [1.29, 1.82) is 0 Å². The number of aryl methyl sites for hydroxylation is 1. The zero-order valence-corrected chi connectivity index (χ0v) is 20.7. The van der Waals surface area contributed by atoms with Gasteiger partial charge < -0.3 is 4.74 Å². The van der Waals surface area contributed by atoms with Gasteiger partial charge in [0.25, 0.3) is 5.91 Å². The molecule has 1 aliphatic heterocycles. The third kappa shape index (κ3) is 6.02. The highest BCUT2D eigenvalue weighted by atomic mass is 16.5. The second kappa shape index (κ2) is 11.4. The summed E-state index contributed by atoms with van der Waals surface area (Å²) in [6.07, 6.45) is 5.90. The van der Waals surface area contributed by atoms with Crippen molar-refractivity contribution in [1.82, 2.24) is 0 Å². The van der Waals surface area contributed by atoms with Crippen molar-refractivity contribution in [2.45, 2.75) is 27.2 Å². The fourth-order valence-electron chi connectivity index (χ4n) is 3.66. The number of rotatable bonds is 9. The SMILES string of the molecule is CCCOc1ccc(/C=C/C(=O)c2ccc(N=CC3C(=O)N(c4ccc(C)cc4)N=C3C)cc2)cc1. The molecule has 3 aromatic rings. The molecule has 0 aromatic heterocycles. The number of carbonyl (C=O) groups excluding carboxylic acids is 2. The summed E-state index contributed by atoms with van der Waals surface area (Å²) in [5.74, 6) is 0.0657. The Labute approximate surface area is 211 Å². The van der Waals surface area contributed by atoms with Gasteiger partial charge in [0, 0.05) is 11.8 Å². The Morgan fingerprint density at radius 2 is 1.69 bits per heavy atom. The van der Waals surface area contributed by atoms with Gasteiger partial charge in [0.15, 0.2) is 5.78 Å². The van der Waals surface area contributed by atoms with E-state index in [1.54, 1.807) is 42.6 Å². The van der Waals surface area contributed by atoms with Gasteiger partial charge in [-0.25, -0.2) is 0 Å². The lowest BCUT2D eigenvalue weighted by Gasteiger charge is -2.12. The Morgan fingerprint density at radius 1 is 1.00 bits per heavy atom. The molecule has 1 unspecified atom stereocenters. The maximum atomic E-state index is 12.9. The number of aliphatic imine (C=N–C) groups is 1. The van der Waals surface area contributed by atoms with Crippen LogP contribution in [0.5, 0.6) is 5.75 Å². The molecule has 0 fully saturated rings. The first-order chi connectivity index (χ1) is 17.4. The molecule has 0 radical (unpaired) electrons. The van der Waals surface area contributed by atoms with Gasteiger partial charge in [0.1, 0.15) is 11.7 Å². The molecular formula is C30H29N3O3. The predicted octanol–water partition coefficient (Wildman–Crippen LogP) is 6.42. The number of anilines is 1. The van der Waals surface area contributed by atoms with Crippen LogP contribution >= 0.6 is 0 Å². The van der Waals surface area contributed by atoms with Gasteiger partial charge in [-0.3, -0.25) is 14.6 Å². The lowest BCUT2D eigenvalue weighted by molar-refractivity contribution is -0.118. The molecule has 1 heterocycles. The molecule has 36 heavy (non-hydrogen) atoms. The molecule has 182 valence electrons. The highest BCUT2D eigenvalue weighted by molar-refractivity contribution is 6.23. The second-order valence-corrected chi connectivity index (χ2v) is 8.64. The lowest BCUT2D eigenvalue weighted by atomic mass is 10.1. The highest BCUT2D eigenvalue weighted by Gasteiger charge is 2.33. The van der Waals surface area contributed by atoms with E-state index in [0.29, 0.717) is 23.6 Å². The quantitative estimate of drug-likeness (QED) is 0.202. The van der Waals surface area contributed by atoms with Crippen LogP contribution in [-0.4, -0.2) is 30.2 Å². The zero-order chi connectivity index (χ0) is 25.5. The summed E-state index contributed by atoms with van der Waals surface area (Å²) in [7, 11) is 0. The monoisotopic (exact) mass is 479 g/mol. The maximum absolute atomic E-state index is 12.9. The molecule has 0 N–H and O–H groups in total. The van der Waals surface area contributed by atoms with E-state index < -0.39 is 5.92 Å². The molecule has 0 saturated heterocycles. The van der Waals surface area contributed by atoms with Crippen molar-refractivity contribution >= 4 is 41.1 Å². The van der Waals surface area contributed by atoms with E-state index in [2.05, 4.69) is 17.0 Å².